The number of rotatable bonds is 8. The molecule has 0 aliphatic rings. The van der Waals surface area contributed by atoms with E-state index in [2.05, 4.69) is 15.5 Å². The summed E-state index contributed by atoms with van der Waals surface area (Å²) >= 11 is 1.01. The first-order valence-electron chi connectivity index (χ1n) is 6.76. The Hall–Kier alpha value is -2.68. The van der Waals surface area contributed by atoms with Crippen LogP contribution in [0.25, 0.3) is 0 Å². The fourth-order valence-corrected chi connectivity index (χ4v) is 2.35. The van der Waals surface area contributed by atoms with Crippen LogP contribution in [0, 0.1) is 0 Å². The summed E-state index contributed by atoms with van der Waals surface area (Å²) in [5, 5.41) is 19.1. The van der Waals surface area contributed by atoms with Crippen molar-refractivity contribution in [3.05, 3.63) is 29.3 Å². The van der Waals surface area contributed by atoms with Gasteiger partial charge in [-0.25, -0.2) is 0 Å². The van der Waals surface area contributed by atoms with Crippen LogP contribution in [0.15, 0.2) is 24.3 Å². The van der Waals surface area contributed by atoms with Gasteiger partial charge in [0.25, 0.3) is 5.91 Å². The lowest BCUT2D eigenvalue weighted by Gasteiger charge is -2.07. The number of carboxylic acid groups (broad SMARTS) is 1. The monoisotopic (exact) mass is 337 g/mol. The Morgan fingerprint density at radius 1 is 1.17 bits per heavy atom. The lowest BCUT2D eigenvalue weighted by Crippen LogP contribution is -2.20. The van der Waals surface area contributed by atoms with Gasteiger partial charge in [-0.1, -0.05) is 11.3 Å². The third-order valence-electron chi connectivity index (χ3n) is 2.52. The molecule has 2 aromatic rings. The van der Waals surface area contributed by atoms with Gasteiger partial charge < -0.3 is 14.6 Å². The van der Waals surface area contributed by atoms with Crippen LogP contribution in [-0.4, -0.2) is 40.4 Å². The Morgan fingerprint density at radius 3 is 2.43 bits per heavy atom. The van der Waals surface area contributed by atoms with Gasteiger partial charge in [0.15, 0.2) is 6.61 Å². The van der Waals surface area contributed by atoms with Crippen LogP contribution in [0.1, 0.15) is 11.9 Å². The molecule has 0 spiro atoms. The minimum Gasteiger partial charge on any atom is -0.494 e. The molecule has 1 amide bonds. The van der Waals surface area contributed by atoms with Crippen molar-refractivity contribution in [1.82, 2.24) is 10.2 Å². The number of benzene rings is 1. The highest BCUT2D eigenvalue weighted by Crippen LogP contribution is 2.18. The van der Waals surface area contributed by atoms with E-state index in [4.69, 9.17) is 14.6 Å². The molecule has 0 saturated heterocycles. The average Bonchev–Trinajstić information content (AvgIpc) is 2.93. The fraction of sp³-hybridized carbons (Fsp3) is 0.286. The summed E-state index contributed by atoms with van der Waals surface area (Å²) in [5.41, 5.74) is 0. The van der Waals surface area contributed by atoms with Crippen molar-refractivity contribution in [3.63, 3.8) is 0 Å². The predicted molar refractivity (Wildman–Crippen MR) is 83.0 cm³/mol. The maximum Gasteiger partial charge on any atom is 0.310 e. The van der Waals surface area contributed by atoms with Crippen LogP contribution in [0.3, 0.4) is 0 Å². The summed E-state index contributed by atoms with van der Waals surface area (Å²) < 4.78 is 10.6. The van der Waals surface area contributed by atoms with E-state index in [1.807, 2.05) is 6.92 Å². The Morgan fingerprint density at radius 2 is 1.83 bits per heavy atom. The van der Waals surface area contributed by atoms with Gasteiger partial charge in [-0.3, -0.25) is 14.9 Å². The molecule has 1 aromatic carbocycles. The Balaban J connectivity index is 1.80. The van der Waals surface area contributed by atoms with Gasteiger partial charge in [0, 0.05) is 0 Å². The van der Waals surface area contributed by atoms with Crippen LogP contribution in [0.4, 0.5) is 5.13 Å². The van der Waals surface area contributed by atoms with E-state index in [0.29, 0.717) is 17.4 Å². The number of nitrogens with zero attached hydrogens (tertiary/aromatic N) is 2. The molecule has 2 rings (SSSR count). The molecule has 0 aliphatic heterocycles. The molecule has 0 unspecified atom stereocenters. The second kappa shape index (κ2) is 8.08. The number of carbonyl (C=O) groups is 2. The molecule has 0 aliphatic carbocycles. The van der Waals surface area contributed by atoms with Crippen molar-refractivity contribution in [2.75, 3.05) is 18.5 Å². The summed E-state index contributed by atoms with van der Waals surface area (Å²) in [6.07, 6.45) is -0.226. The molecule has 0 atom stereocenters. The van der Waals surface area contributed by atoms with Gasteiger partial charge in [0.05, 0.1) is 13.0 Å². The molecule has 23 heavy (non-hydrogen) atoms. The van der Waals surface area contributed by atoms with Crippen molar-refractivity contribution in [3.8, 4) is 11.5 Å². The maximum absolute atomic E-state index is 11.7. The van der Waals surface area contributed by atoms with Crippen molar-refractivity contribution in [2.45, 2.75) is 13.3 Å². The van der Waals surface area contributed by atoms with E-state index in [1.54, 1.807) is 24.3 Å². The van der Waals surface area contributed by atoms with E-state index in [1.165, 1.54) is 0 Å². The first-order chi connectivity index (χ1) is 11.1. The first-order valence-corrected chi connectivity index (χ1v) is 7.58. The quantitative estimate of drug-likeness (QED) is 0.752. The number of amides is 1. The molecule has 0 bridgehead atoms. The summed E-state index contributed by atoms with van der Waals surface area (Å²) in [4.78, 5) is 22.3. The van der Waals surface area contributed by atoms with E-state index in [-0.39, 0.29) is 18.2 Å². The van der Waals surface area contributed by atoms with Crippen LogP contribution in [-0.2, 0) is 16.0 Å². The molecule has 8 nitrogen and oxygen atoms in total. The zero-order chi connectivity index (χ0) is 16.7. The van der Waals surface area contributed by atoms with Gasteiger partial charge in [0.1, 0.15) is 16.5 Å². The van der Waals surface area contributed by atoms with Crippen molar-refractivity contribution in [2.24, 2.45) is 0 Å². The predicted octanol–water partition coefficient (Wildman–Crippen LogP) is 1.58. The molecule has 9 heteroatoms. The zero-order valence-electron chi connectivity index (χ0n) is 12.3. The number of ether oxygens (including phenoxy) is 2. The smallest absolute Gasteiger partial charge is 0.310 e. The highest BCUT2D eigenvalue weighted by atomic mass is 32.1. The number of aromatic nitrogens is 2. The third-order valence-corrected chi connectivity index (χ3v) is 3.36. The molecule has 0 radical (unpaired) electrons. The Kier molecular flexibility index (Phi) is 5.87. The number of aliphatic carboxylic acids is 1. The van der Waals surface area contributed by atoms with E-state index < -0.39 is 11.9 Å². The highest BCUT2D eigenvalue weighted by molar-refractivity contribution is 7.15. The van der Waals surface area contributed by atoms with Crippen molar-refractivity contribution in [1.29, 1.82) is 0 Å². The molecule has 1 aromatic heterocycles. The van der Waals surface area contributed by atoms with E-state index >= 15 is 0 Å². The summed E-state index contributed by atoms with van der Waals surface area (Å²) in [7, 11) is 0. The van der Waals surface area contributed by atoms with Crippen LogP contribution in [0.5, 0.6) is 11.5 Å². The minimum atomic E-state index is -1.00. The maximum atomic E-state index is 11.7. The van der Waals surface area contributed by atoms with E-state index in [9.17, 15) is 9.59 Å². The molecule has 0 fully saturated rings. The van der Waals surface area contributed by atoms with Gasteiger partial charge in [-0.15, -0.1) is 10.2 Å². The van der Waals surface area contributed by atoms with Gasteiger partial charge in [-0.2, -0.15) is 0 Å². The number of nitrogens with one attached hydrogen (secondary N) is 1. The summed E-state index contributed by atoms with van der Waals surface area (Å²) in [6.45, 7) is 2.28. The standard InChI is InChI=1S/C14H15N3O5S/c1-2-21-9-3-5-10(6-4-9)22-8-11(18)15-14-17-16-12(23-14)7-13(19)20/h3-6H,2,7-8H2,1H3,(H,19,20)(H,15,17,18). The number of hydrogen-bond acceptors (Lipinski definition) is 7. The number of carboxylic acids is 1. The van der Waals surface area contributed by atoms with Crippen LogP contribution in [0.2, 0.25) is 0 Å². The lowest BCUT2D eigenvalue weighted by molar-refractivity contribution is -0.136. The fourth-order valence-electron chi connectivity index (χ4n) is 1.61. The minimum absolute atomic E-state index is 0.193. The molecule has 122 valence electrons. The highest BCUT2D eigenvalue weighted by Gasteiger charge is 2.11. The Bertz CT molecular complexity index is 671. The van der Waals surface area contributed by atoms with Crippen molar-refractivity contribution < 1.29 is 24.2 Å². The molecular formula is C14H15N3O5S. The second-order valence-electron chi connectivity index (χ2n) is 4.31. The molecule has 1 heterocycles. The van der Waals surface area contributed by atoms with Gasteiger partial charge in [-0.05, 0) is 31.2 Å². The van der Waals surface area contributed by atoms with Gasteiger partial charge >= 0.3 is 5.97 Å². The lowest BCUT2D eigenvalue weighted by atomic mass is 10.3. The molecular weight excluding hydrogens is 322 g/mol. The SMILES string of the molecule is CCOc1ccc(OCC(=O)Nc2nnc(CC(=O)O)s2)cc1. The molecule has 0 saturated carbocycles. The van der Waals surface area contributed by atoms with E-state index in [0.717, 1.165) is 17.1 Å². The largest absolute Gasteiger partial charge is 0.494 e. The zero-order valence-corrected chi connectivity index (χ0v) is 13.1. The summed E-state index contributed by atoms with van der Waals surface area (Å²) in [5.74, 6) is -0.147. The summed E-state index contributed by atoms with van der Waals surface area (Å²) in [6, 6.07) is 6.90. The topological polar surface area (TPSA) is 111 Å². The number of hydrogen-bond donors (Lipinski definition) is 2. The molecule has 2 N–H and O–H groups in total. The van der Waals surface area contributed by atoms with Crippen molar-refractivity contribution >= 4 is 28.3 Å². The van der Waals surface area contributed by atoms with Crippen LogP contribution >= 0.6 is 11.3 Å². The third kappa shape index (κ3) is 5.55. The Labute approximate surface area is 136 Å². The number of anilines is 1. The number of carbonyl (C=O) groups excluding carboxylic acids is 1. The van der Waals surface area contributed by atoms with Crippen LogP contribution < -0.4 is 14.8 Å². The first kappa shape index (κ1) is 16.7. The van der Waals surface area contributed by atoms with Gasteiger partial charge in [0.2, 0.25) is 5.13 Å². The average molecular weight is 337 g/mol. The normalized spacial score (nSPS) is 10.1. The second-order valence-corrected chi connectivity index (χ2v) is 5.37.